The topological polar surface area (TPSA) is 84.9 Å². The van der Waals surface area contributed by atoms with Crippen LogP contribution >= 0.6 is 11.3 Å². The Morgan fingerprint density at radius 1 is 1.14 bits per heavy atom. The van der Waals surface area contributed by atoms with E-state index < -0.39 is 6.10 Å². The number of hydrogen-bond donors (Lipinski definition) is 3. The number of amides is 2. The van der Waals surface area contributed by atoms with Crippen molar-refractivity contribution in [2.45, 2.75) is 32.5 Å². The van der Waals surface area contributed by atoms with Crippen molar-refractivity contribution in [2.24, 2.45) is 0 Å². The molecule has 4 rings (SSSR count). The van der Waals surface area contributed by atoms with Gasteiger partial charge in [0.25, 0.3) is 11.8 Å². The van der Waals surface area contributed by atoms with Crippen LogP contribution < -0.4 is 15.5 Å². The van der Waals surface area contributed by atoms with Crippen molar-refractivity contribution in [3.63, 3.8) is 0 Å². The Morgan fingerprint density at radius 2 is 1.83 bits per heavy atom. The molecule has 3 aromatic rings. The normalized spacial score (nSPS) is 15.3. The summed E-state index contributed by atoms with van der Waals surface area (Å²) in [7, 11) is 3.68. The van der Waals surface area contributed by atoms with Gasteiger partial charge in [0.05, 0.1) is 18.3 Å². The molecule has 0 fully saturated rings. The van der Waals surface area contributed by atoms with Gasteiger partial charge in [-0.05, 0) is 47.7 Å². The van der Waals surface area contributed by atoms with E-state index in [1.54, 1.807) is 11.9 Å². The smallest absolute Gasteiger partial charge is 0.265 e. The van der Waals surface area contributed by atoms with Gasteiger partial charge in [0.2, 0.25) is 0 Å². The number of benzene rings is 2. The summed E-state index contributed by atoms with van der Waals surface area (Å²) in [4.78, 5) is 29.6. The number of fused-ring (bicyclic) bond motifs is 1. The van der Waals surface area contributed by atoms with Gasteiger partial charge < -0.3 is 25.5 Å². The molecule has 1 aliphatic rings. The monoisotopic (exact) mass is 508 g/mol. The van der Waals surface area contributed by atoms with Crippen molar-refractivity contribution < 1.29 is 14.7 Å². The third-order valence-corrected chi connectivity index (χ3v) is 7.01. The molecule has 7 nitrogen and oxygen atoms in total. The molecule has 0 spiro atoms. The Bertz CT molecular complexity index is 1120. The van der Waals surface area contributed by atoms with E-state index >= 15 is 0 Å². The number of carbonyl (C=O) groups excluding carboxylic acids is 2. The fourth-order valence-electron chi connectivity index (χ4n) is 4.04. The number of nitrogens with zero attached hydrogens (tertiary/aromatic N) is 2. The molecular weight excluding hydrogens is 472 g/mol. The maximum atomic E-state index is 12.9. The van der Waals surface area contributed by atoms with Crippen LogP contribution in [0.1, 0.15) is 51.1 Å². The molecule has 192 valence electrons. The fourth-order valence-corrected chi connectivity index (χ4v) is 4.87. The number of aliphatic hydroxyl groups excluding tert-OH is 1. The summed E-state index contributed by atoms with van der Waals surface area (Å²) < 4.78 is 0. The summed E-state index contributed by atoms with van der Waals surface area (Å²) in [6.07, 6.45) is -0.00979. The average Bonchev–Trinajstić information content (AvgIpc) is 3.42. The zero-order chi connectivity index (χ0) is 26.1. The van der Waals surface area contributed by atoms with E-state index in [1.807, 2.05) is 91.8 Å². The van der Waals surface area contributed by atoms with Gasteiger partial charge in [-0.2, -0.15) is 0 Å². The van der Waals surface area contributed by atoms with E-state index in [0.29, 0.717) is 23.5 Å². The summed E-state index contributed by atoms with van der Waals surface area (Å²) in [5.41, 5.74) is 3.52. The van der Waals surface area contributed by atoms with Gasteiger partial charge in [-0.25, -0.2) is 0 Å². The quantitative estimate of drug-likeness (QED) is 0.382. The summed E-state index contributed by atoms with van der Waals surface area (Å²) in [5.74, 6) is -0.183. The average molecular weight is 509 g/mol. The minimum absolute atomic E-state index is 0.0885. The highest BCUT2D eigenvalue weighted by Crippen LogP contribution is 2.29. The van der Waals surface area contributed by atoms with Crippen molar-refractivity contribution in [3.05, 3.63) is 87.6 Å². The van der Waals surface area contributed by atoms with Gasteiger partial charge in [-0.1, -0.05) is 56.3 Å². The summed E-state index contributed by atoms with van der Waals surface area (Å²) >= 11 is 1.42. The second kappa shape index (κ2) is 13.2. The van der Waals surface area contributed by atoms with Crippen LogP contribution in [0.5, 0.6) is 0 Å². The number of anilines is 1. The largest absolute Gasteiger partial charge is 0.387 e. The van der Waals surface area contributed by atoms with Crippen molar-refractivity contribution in [1.82, 2.24) is 15.5 Å². The van der Waals surface area contributed by atoms with Gasteiger partial charge in [-0.15, -0.1) is 11.3 Å². The van der Waals surface area contributed by atoms with Crippen LogP contribution in [0.4, 0.5) is 5.69 Å². The Morgan fingerprint density at radius 3 is 2.53 bits per heavy atom. The van der Waals surface area contributed by atoms with E-state index in [2.05, 4.69) is 10.6 Å². The molecule has 2 heterocycles. The summed E-state index contributed by atoms with van der Waals surface area (Å²) in [6, 6.07) is 19.1. The molecule has 8 heteroatoms. The van der Waals surface area contributed by atoms with Crippen LogP contribution in [0.25, 0.3) is 0 Å². The molecule has 0 bridgehead atoms. The first-order valence-corrected chi connectivity index (χ1v) is 13.2. The Labute approximate surface area is 217 Å². The van der Waals surface area contributed by atoms with E-state index in [4.69, 9.17) is 0 Å². The number of rotatable bonds is 9. The van der Waals surface area contributed by atoms with Crippen LogP contribution in [0.2, 0.25) is 0 Å². The predicted octanol–water partition coefficient (Wildman–Crippen LogP) is 3.92. The SMILES string of the molecule is CC.CN(CC1NC(=O)c2sccc2N1C)C(=O)c1ccc(CCNCC(O)c2ccccc2)cc1. The molecule has 0 saturated carbocycles. The molecule has 2 unspecified atom stereocenters. The van der Waals surface area contributed by atoms with E-state index in [1.165, 1.54) is 11.3 Å². The molecule has 2 atom stereocenters. The fraction of sp³-hybridized carbons (Fsp3) is 0.357. The lowest BCUT2D eigenvalue weighted by atomic mass is 10.1. The van der Waals surface area contributed by atoms with Gasteiger partial charge in [-0.3, -0.25) is 9.59 Å². The first-order valence-electron chi connectivity index (χ1n) is 12.3. The maximum absolute atomic E-state index is 12.9. The molecule has 3 N–H and O–H groups in total. The molecule has 0 radical (unpaired) electrons. The Kier molecular flexibility index (Phi) is 10.0. The number of hydrogen-bond acceptors (Lipinski definition) is 6. The van der Waals surface area contributed by atoms with Gasteiger partial charge in [0, 0.05) is 26.2 Å². The summed E-state index contributed by atoms with van der Waals surface area (Å²) in [5, 5.41) is 18.4. The van der Waals surface area contributed by atoms with Crippen LogP contribution in [-0.4, -0.2) is 61.7 Å². The maximum Gasteiger partial charge on any atom is 0.265 e. The van der Waals surface area contributed by atoms with E-state index in [-0.39, 0.29) is 18.0 Å². The minimum atomic E-state index is -0.531. The van der Waals surface area contributed by atoms with Gasteiger partial charge in [0.1, 0.15) is 11.0 Å². The lowest BCUT2D eigenvalue weighted by Gasteiger charge is -2.36. The van der Waals surface area contributed by atoms with Gasteiger partial charge in [0.15, 0.2) is 0 Å². The molecular formula is C28H36N4O3S. The first kappa shape index (κ1) is 27.4. The number of carbonyl (C=O) groups is 2. The van der Waals surface area contributed by atoms with E-state index in [0.717, 1.165) is 29.8 Å². The molecule has 0 aliphatic carbocycles. The second-order valence-electron chi connectivity index (χ2n) is 8.50. The lowest BCUT2D eigenvalue weighted by Crippen LogP contribution is -2.56. The zero-order valence-corrected chi connectivity index (χ0v) is 22.2. The van der Waals surface area contributed by atoms with Crippen LogP contribution in [0, 0.1) is 0 Å². The van der Waals surface area contributed by atoms with Gasteiger partial charge >= 0.3 is 0 Å². The standard InChI is InChI=1S/C26H30N4O3S.C2H6/c1-29(17-23-28-25(32)24-21(30(23)2)13-15-34-24)26(33)20-10-8-18(9-11-20)12-14-27-16-22(31)19-6-4-3-5-7-19;1-2/h3-11,13,15,22-23,27,31H,12,14,16-17H2,1-2H3,(H,28,32);1-2H3. The number of thiophene rings is 1. The predicted molar refractivity (Wildman–Crippen MR) is 147 cm³/mol. The third-order valence-electron chi connectivity index (χ3n) is 6.10. The molecule has 2 amide bonds. The van der Waals surface area contributed by atoms with Crippen LogP contribution in [0.3, 0.4) is 0 Å². The first-order chi connectivity index (χ1) is 17.4. The highest BCUT2D eigenvalue weighted by molar-refractivity contribution is 7.12. The number of nitrogens with one attached hydrogen (secondary N) is 2. The second-order valence-corrected chi connectivity index (χ2v) is 9.41. The van der Waals surface area contributed by atoms with Crippen molar-refractivity contribution in [3.8, 4) is 0 Å². The summed E-state index contributed by atoms with van der Waals surface area (Å²) in [6.45, 7) is 5.60. The highest BCUT2D eigenvalue weighted by atomic mass is 32.1. The van der Waals surface area contributed by atoms with Crippen LogP contribution in [0.15, 0.2) is 66.0 Å². The minimum Gasteiger partial charge on any atom is -0.387 e. The highest BCUT2D eigenvalue weighted by Gasteiger charge is 2.31. The third kappa shape index (κ3) is 6.72. The lowest BCUT2D eigenvalue weighted by molar-refractivity contribution is 0.0762. The van der Waals surface area contributed by atoms with Crippen molar-refractivity contribution in [1.29, 1.82) is 0 Å². The number of likely N-dealkylation sites (N-methyl/N-ethyl adjacent to an activating group) is 2. The Hall–Kier alpha value is -3.20. The molecule has 0 saturated heterocycles. The molecule has 1 aliphatic heterocycles. The number of aliphatic hydroxyl groups is 1. The molecule has 2 aromatic carbocycles. The van der Waals surface area contributed by atoms with E-state index in [9.17, 15) is 14.7 Å². The van der Waals surface area contributed by atoms with Crippen molar-refractivity contribution in [2.75, 3.05) is 38.6 Å². The Balaban J connectivity index is 0.00000176. The van der Waals surface area contributed by atoms with Crippen molar-refractivity contribution >= 4 is 28.8 Å². The van der Waals surface area contributed by atoms with Crippen LogP contribution in [-0.2, 0) is 6.42 Å². The zero-order valence-electron chi connectivity index (χ0n) is 21.4. The molecule has 1 aromatic heterocycles. The molecule has 36 heavy (non-hydrogen) atoms.